The van der Waals surface area contributed by atoms with Gasteiger partial charge in [0.1, 0.15) is 30.1 Å². The van der Waals surface area contributed by atoms with Gasteiger partial charge in [0, 0.05) is 24.6 Å². The number of alkyl halides is 5. The molecule has 1 fully saturated rings. The van der Waals surface area contributed by atoms with E-state index in [4.69, 9.17) is 4.74 Å². The fourth-order valence-corrected chi connectivity index (χ4v) is 6.28. The van der Waals surface area contributed by atoms with Crippen LogP contribution in [-0.4, -0.2) is 57.4 Å². The molecular weight excluding hydrogens is 649 g/mol. The van der Waals surface area contributed by atoms with Crippen molar-refractivity contribution >= 4 is 35.8 Å². The molecule has 15 heteroatoms. The van der Waals surface area contributed by atoms with Gasteiger partial charge >= 0.3 is 6.18 Å². The van der Waals surface area contributed by atoms with Gasteiger partial charge in [0.15, 0.2) is 0 Å². The molecule has 248 valence electrons. The molecule has 0 aliphatic heterocycles. The molecule has 4 rings (SSSR count). The van der Waals surface area contributed by atoms with Gasteiger partial charge in [0.25, 0.3) is 5.66 Å². The topological polar surface area (TPSA) is 108 Å². The Morgan fingerprint density at radius 2 is 1.83 bits per heavy atom. The number of nitrogens with zero attached hydrogens (tertiary/aromatic N) is 3. The fourth-order valence-electron chi connectivity index (χ4n) is 5.78. The first kappa shape index (κ1) is 35.6. The first-order valence-electron chi connectivity index (χ1n) is 14.3. The standard InChI is InChI=1S/C31H35F5N4O4P2/c1-18-25(44-12-11-41)8-5-19(27(18)45)13-23(28(43)29(9-3-4-10-29)40(2)39-17-42)21-7-6-20(30(32,33)34)14-22(21)24-15-26(31(35,36)46)38-16-37-24/h5-8,14-17,41,43H,3-4,9-13,45-46H2,1-2H3,(H,39,42)/b28-23-. The Morgan fingerprint density at radius 1 is 1.13 bits per heavy atom. The quantitative estimate of drug-likeness (QED) is 0.0741. The molecule has 0 spiro atoms. The fraction of sp³-hybridized carbons (Fsp3) is 0.387. The second-order valence-electron chi connectivity index (χ2n) is 11.1. The lowest BCUT2D eigenvalue weighted by Gasteiger charge is -2.38. The number of likely N-dealkylation sites (N-methyl/N-ethyl adjacent to an activating group) is 1. The molecule has 1 saturated carbocycles. The van der Waals surface area contributed by atoms with Crippen LogP contribution in [-0.2, 0) is 23.1 Å². The zero-order chi connectivity index (χ0) is 33.9. The Morgan fingerprint density at radius 3 is 2.43 bits per heavy atom. The molecule has 1 amide bonds. The summed E-state index contributed by atoms with van der Waals surface area (Å²) in [7, 11) is 5.56. The molecule has 0 bridgehead atoms. The van der Waals surface area contributed by atoms with Crippen LogP contribution in [0.25, 0.3) is 16.8 Å². The van der Waals surface area contributed by atoms with Crippen LogP contribution < -0.4 is 15.5 Å². The highest BCUT2D eigenvalue weighted by molar-refractivity contribution is 7.27. The van der Waals surface area contributed by atoms with E-state index in [0.717, 1.165) is 30.1 Å². The molecule has 0 radical (unpaired) electrons. The van der Waals surface area contributed by atoms with Crippen molar-refractivity contribution in [3.63, 3.8) is 0 Å². The third-order valence-corrected chi connectivity index (χ3v) is 9.37. The Balaban J connectivity index is 2.04. The molecule has 8 nitrogen and oxygen atoms in total. The molecule has 0 saturated heterocycles. The van der Waals surface area contributed by atoms with Gasteiger partial charge in [-0.05, 0) is 66.0 Å². The smallest absolute Gasteiger partial charge is 0.416 e. The summed E-state index contributed by atoms with van der Waals surface area (Å²) in [5.74, 6) is 0.331. The molecule has 3 aromatic rings. The predicted molar refractivity (Wildman–Crippen MR) is 171 cm³/mol. The second-order valence-corrected chi connectivity index (χ2v) is 12.4. The third kappa shape index (κ3) is 7.49. The first-order valence-corrected chi connectivity index (χ1v) is 15.5. The molecule has 1 heterocycles. The van der Waals surface area contributed by atoms with Crippen LogP contribution in [0.2, 0.25) is 0 Å². The number of hydrogen-bond acceptors (Lipinski definition) is 7. The van der Waals surface area contributed by atoms with Gasteiger partial charge < -0.3 is 14.9 Å². The Bertz CT molecular complexity index is 1610. The summed E-state index contributed by atoms with van der Waals surface area (Å²) in [5.41, 5.74) is -2.35. The number of hydrazine groups is 1. The highest BCUT2D eigenvalue weighted by Gasteiger charge is 2.44. The number of aromatic nitrogens is 2. The maximum Gasteiger partial charge on any atom is 0.416 e. The summed E-state index contributed by atoms with van der Waals surface area (Å²) in [6, 6.07) is 7.25. The van der Waals surface area contributed by atoms with Crippen LogP contribution in [0, 0.1) is 6.92 Å². The minimum atomic E-state index is -4.77. The van der Waals surface area contributed by atoms with Crippen molar-refractivity contribution < 1.29 is 41.7 Å². The molecule has 2 aromatic carbocycles. The molecule has 1 aromatic heterocycles. The van der Waals surface area contributed by atoms with E-state index in [2.05, 4.69) is 24.6 Å². The number of nitrogens with one attached hydrogen (secondary N) is 1. The Labute approximate surface area is 267 Å². The van der Waals surface area contributed by atoms with E-state index in [1.807, 2.05) is 0 Å². The van der Waals surface area contributed by atoms with Crippen molar-refractivity contribution in [2.45, 2.75) is 56.4 Å². The first-order chi connectivity index (χ1) is 21.6. The van der Waals surface area contributed by atoms with Crippen molar-refractivity contribution in [1.82, 2.24) is 20.4 Å². The predicted octanol–water partition coefficient (Wildman–Crippen LogP) is 5.68. The van der Waals surface area contributed by atoms with Crippen molar-refractivity contribution in [1.29, 1.82) is 0 Å². The van der Waals surface area contributed by atoms with E-state index in [9.17, 15) is 37.0 Å². The Kier molecular flexibility index (Phi) is 11.0. The van der Waals surface area contributed by atoms with Gasteiger partial charge in [0.2, 0.25) is 6.41 Å². The van der Waals surface area contributed by atoms with Crippen molar-refractivity contribution in [2.24, 2.45) is 0 Å². The lowest BCUT2D eigenvalue weighted by molar-refractivity contribution is -0.137. The van der Waals surface area contributed by atoms with Gasteiger partial charge in [-0.1, -0.05) is 34.2 Å². The van der Waals surface area contributed by atoms with E-state index in [1.165, 1.54) is 20.3 Å². The molecule has 2 unspecified atom stereocenters. The number of halogens is 5. The molecular formula is C31H35F5N4O4P2. The maximum atomic E-state index is 14.3. The lowest BCUT2D eigenvalue weighted by Crippen LogP contribution is -2.53. The van der Waals surface area contributed by atoms with Crippen LogP contribution in [0.4, 0.5) is 22.0 Å². The van der Waals surface area contributed by atoms with Crippen LogP contribution in [0.15, 0.2) is 48.5 Å². The van der Waals surface area contributed by atoms with E-state index in [0.29, 0.717) is 48.7 Å². The van der Waals surface area contributed by atoms with Crippen molar-refractivity contribution in [3.05, 3.63) is 76.4 Å². The van der Waals surface area contributed by atoms with Crippen LogP contribution in [0.1, 0.15) is 53.6 Å². The number of aliphatic hydroxyl groups is 2. The number of carbonyl (C=O) groups is 1. The van der Waals surface area contributed by atoms with E-state index in [-0.39, 0.29) is 47.8 Å². The zero-order valence-electron chi connectivity index (χ0n) is 25.2. The van der Waals surface area contributed by atoms with Crippen LogP contribution in [0.5, 0.6) is 5.75 Å². The average molecular weight is 685 g/mol. The second kappa shape index (κ2) is 14.3. The molecule has 1 aliphatic rings. The van der Waals surface area contributed by atoms with Crippen molar-refractivity contribution in [3.8, 4) is 17.0 Å². The summed E-state index contributed by atoms with van der Waals surface area (Å²) >= 11 is 0. The number of ether oxygens (including phenoxy) is 1. The number of carbonyl (C=O) groups excluding carboxylic acids is 1. The summed E-state index contributed by atoms with van der Waals surface area (Å²) in [6.45, 7) is 1.68. The maximum absolute atomic E-state index is 14.3. The number of allylic oxidation sites excluding steroid dienone is 1. The summed E-state index contributed by atoms with van der Waals surface area (Å²) in [6.07, 6.45) is -1.20. The number of rotatable bonds is 12. The summed E-state index contributed by atoms with van der Waals surface area (Å²) in [5, 5.41) is 23.6. The van der Waals surface area contributed by atoms with E-state index in [1.54, 1.807) is 26.1 Å². The van der Waals surface area contributed by atoms with E-state index >= 15 is 0 Å². The van der Waals surface area contributed by atoms with Gasteiger partial charge in [-0.3, -0.25) is 10.2 Å². The van der Waals surface area contributed by atoms with Crippen LogP contribution in [0.3, 0.4) is 0 Å². The molecule has 1 aliphatic carbocycles. The van der Waals surface area contributed by atoms with Gasteiger partial charge in [-0.25, -0.2) is 15.0 Å². The van der Waals surface area contributed by atoms with E-state index < -0.39 is 28.6 Å². The SMILES string of the molecule is Cc1c(OCCO)ccc(C/C(=C(/O)C2(N(C)NC=O)CCCC2)c2ccc(C(F)(F)F)cc2-c2cc(C(F)(F)P)ncn2)c1P. The highest BCUT2D eigenvalue weighted by Crippen LogP contribution is 2.45. The largest absolute Gasteiger partial charge is 0.510 e. The number of hydrogen-bond donors (Lipinski definition) is 3. The normalized spacial score (nSPS) is 15.5. The van der Waals surface area contributed by atoms with Crippen LogP contribution >= 0.6 is 18.5 Å². The minimum absolute atomic E-state index is 0.00143. The van der Waals surface area contributed by atoms with Gasteiger partial charge in [-0.15, -0.1) is 9.24 Å². The molecule has 46 heavy (non-hydrogen) atoms. The number of aliphatic hydroxyl groups excluding tert-OH is 2. The number of amides is 1. The summed E-state index contributed by atoms with van der Waals surface area (Å²) < 4.78 is 76.2. The number of benzene rings is 2. The third-order valence-electron chi connectivity index (χ3n) is 8.27. The highest BCUT2D eigenvalue weighted by atomic mass is 31.0. The van der Waals surface area contributed by atoms with Crippen molar-refractivity contribution in [2.75, 3.05) is 20.3 Å². The monoisotopic (exact) mass is 684 g/mol. The Hall–Kier alpha value is -3.24. The zero-order valence-corrected chi connectivity index (χ0v) is 27.5. The minimum Gasteiger partial charge on any atom is -0.510 e. The average Bonchev–Trinajstić information content (AvgIpc) is 3.52. The molecule has 2 atom stereocenters. The lowest BCUT2D eigenvalue weighted by atomic mass is 9.83. The molecule has 3 N–H and O–H groups in total. The summed E-state index contributed by atoms with van der Waals surface area (Å²) in [4.78, 5) is 19.2. The van der Waals surface area contributed by atoms with Gasteiger partial charge in [-0.2, -0.15) is 22.0 Å². The van der Waals surface area contributed by atoms with Gasteiger partial charge in [0.05, 0.1) is 23.4 Å².